The van der Waals surface area contributed by atoms with Crippen LogP contribution >= 0.6 is 0 Å². The van der Waals surface area contributed by atoms with E-state index in [1.807, 2.05) is 0 Å². The zero-order chi connectivity index (χ0) is 10.1. The van der Waals surface area contributed by atoms with E-state index in [1.54, 1.807) is 0 Å². The molecule has 0 unspecified atom stereocenters. The lowest BCUT2D eigenvalue weighted by atomic mass is 10.1. The number of fused-ring (bicyclic) bond motifs is 1. The Morgan fingerprint density at radius 2 is 2.27 bits per heavy atom. The van der Waals surface area contributed by atoms with Gasteiger partial charge in [-0.25, -0.2) is 0 Å². The SMILES string of the molecule is c1cc2c(c(OCC3CNC3)c1)NCC2. The van der Waals surface area contributed by atoms with Crippen LogP contribution < -0.4 is 15.4 Å². The molecular weight excluding hydrogens is 188 g/mol. The zero-order valence-electron chi connectivity index (χ0n) is 8.75. The lowest BCUT2D eigenvalue weighted by molar-refractivity contribution is 0.200. The van der Waals surface area contributed by atoms with Crippen LogP contribution in [0.1, 0.15) is 5.56 Å². The van der Waals surface area contributed by atoms with E-state index in [9.17, 15) is 0 Å². The van der Waals surface area contributed by atoms with Crippen molar-refractivity contribution in [1.29, 1.82) is 0 Å². The summed E-state index contributed by atoms with van der Waals surface area (Å²) in [5, 5.41) is 6.64. The van der Waals surface area contributed by atoms with Crippen LogP contribution in [-0.2, 0) is 6.42 Å². The predicted molar refractivity (Wildman–Crippen MR) is 60.5 cm³/mol. The molecule has 2 aliphatic rings. The number of hydrogen-bond donors (Lipinski definition) is 2. The van der Waals surface area contributed by atoms with E-state index in [0.717, 1.165) is 38.4 Å². The van der Waals surface area contributed by atoms with Crippen molar-refractivity contribution in [2.24, 2.45) is 5.92 Å². The summed E-state index contributed by atoms with van der Waals surface area (Å²) in [6.07, 6.45) is 1.12. The Hall–Kier alpha value is -1.22. The zero-order valence-corrected chi connectivity index (χ0v) is 8.75. The van der Waals surface area contributed by atoms with Crippen LogP contribution in [0.2, 0.25) is 0 Å². The molecule has 3 rings (SSSR count). The van der Waals surface area contributed by atoms with E-state index in [1.165, 1.54) is 11.3 Å². The third kappa shape index (κ3) is 1.67. The van der Waals surface area contributed by atoms with Crippen LogP contribution in [0.25, 0.3) is 0 Å². The second kappa shape index (κ2) is 3.74. The summed E-state index contributed by atoms with van der Waals surface area (Å²) in [5.41, 5.74) is 2.60. The number of ether oxygens (including phenoxy) is 1. The van der Waals surface area contributed by atoms with Gasteiger partial charge in [-0.2, -0.15) is 0 Å². The van der Waals surface area contributed by atoms with Gasteiger partial charge in [-0.05, 0) is 18.1 Å². The first kappa shape index (κ1) is 9.04. The van der Waals surface area contributed by atoms with Crippen molar-refractivity contribution in [3.8, 4) is 5.75 Å². The minimum Gasteiger partial charge on any atom is -0.491 e. The first-order valence-corrected chi connectivity index (χ1v) is 5.63. The Bertz CT molecular complexity index is 361. The maximum absolute atomic E-state index is 5.85. The molecule has 0 amide bonds. The summed E-state index contributed by atoms with van der Waals surface area (Å²) in [5.74, 6) is 1.72. The fourth-order valence-corrected chi connectivity index (χ4v) is 2.10. The highest BCUT2D eigenvalue weighted by molar-refractivity contribution is 5.65. The van der Waals surface area contributed by atoms with Crippen molar-refractivity contribution in [2.75, 3.05) is 31.6 Å². The molecule has 3 heteroatoms. The van der Waals surface area contributed by atoms with Crippen LogP contribution in [0.4, 0.5) is 5.69 Å². The van der Waals surface area contributed by atoms with Crippen molar-refractivity contribution in [3.63, 3.8) is 0 Å². The van der Waals surface area contributed by atoms with E-state index < -0.39 is 0 Å². The summed E-state index contributed by atoms with van der Waals surface area (Å²) in [4.78, 5) is 0. The summed E-state index contributed by atoms with van der Waals surface area (Å²) >= 11 is 0. The molecule has 0 radical (unpaired) electrons. The van der Waals surface area contributed by atoms with Gasteiger partial charge in [0.15, 0.2) is 0 Å². The minimum absolute atomic E-state index is 0.697. The lowest BCUT2D eigenvalue weighted by Gasteiger charge is -2.27. The third-order valence-electron chi connectivity index (χ3n) is 3.15. The molecule has 0 aromatic heterocycles. The fraction of sp³-hybridized carbons (Fsp3) is 0.500. The molecule has 1 aromatic rings. The Kier molecular flexibility index (Phi) is 2.25. The van der Waals surface area contributed by atoms with Crippen LogP contribution in [0.15, 0.2) is 18.2 Å². The number of para-hydroxylation sites is 1. The van der Waals surface area contributed by atoms with Gasteiger partial charge in [0.25, 0.3) is 0 Å². The average Bonchev–Trinajstić information content (AvgIpc) is 2.63. The first-order valence-electron chi connectivity index (χ1n) is 5.63. The smallest absolute Gasteiger partial charge is 0.142 e. The molecule has 1 aromatic carbocycles. The van der Waals surface area contributed by atoms with Crippen LogP contribution in [0, 0.1) is 5.92 Å². The Labute approximate surface area is 89.8 Å². The summed E-state index contributed by atoms with van der Waals surface area (Å²) in [6.45, 7) is 4.08. The van der Waals surface area contributed by atoms with Gasteiger partial charge < -0.3 is 15.4 Å². The second-order valence-electron chi connectivity index (χ2n) is 4.30. The Balaban J connectivity index is 1.71. The quantitative estimate of drug-likeness (QED) is 0.777. The van der Waals surface area contributed by atoms with Gasteiger partial charge in [-0.1, -0.05) is 12.1 Å². The second-order valence-corrected chi connectivity index (χ2v) is 4.30. The molecule has 1 fully saturated rings. The minimum atomic E-state index is 0.697. The van der Waals surface area contributed by atoms with E-state index >= 15 is 0 Å². The molecule has 0 spiro atoms. The number of benzene rings is 1. The lowest BCUT2D eigenvalue weighted by Crippen LogP contribution is -2.45. The normalized spacial score (nSPS) is 19.2. The molecule has 2 N–H and O–H groups in total. The van der Waals surface area contributed by atoms with Crippen molar-refractivity contribution >= 4 is 5.69 Å². The van der Waals surface area contributed by atoms with E-state index in [0.29, 0.717) is 5.92 Å². The third-order valence-corrected chi connectivity index (χ3v) is 3.15. The summed E-state index contributed by atoms with van der Waals surface area (Å²) in [6, 6.07) is 6.32. The first-order chi connectivity index (χ1) is 7.43. The Morgan fingerprint density at radius 3 is 3.07 bits per heavy atom. The highest BCUT2D eigenvalue weighted by Gasteiger charge is 2.19. The van der Waals surface area contributed by atoms with E-state index in [-0.39, 0.29) is 0 Å². The molecule has 3 nitrogen and oxygen atoms in total. The molecule has 2 heterocycles. The van der Waals surface area contributed by atoms with E-state index in [2.05, 4.69) is 28.8 Å². The van der Waals surface area contributed by atoms with Crippen molar-refractivity contribution < 1.29 is 4.74 Å². The maximum Gasteiger partial charge on any atom is 0.142 e. The van der Waals surface area contributed by atoms with Crippen LogP contribution in [0.5, 0.6) is 5.75 Å². The van der Waals surface area contributed by atoms with Gasteiger partial charge in [-0.3, -0.25) is 0 Å². The molecular formula is C12H16N2O. The van der Waals surface area contributed by atoms with Gasteiger partial charge in [0.2, 0.25) is 0 Å². The molecule has 0 aliphatic carbocycles. The molecule has 15 heavy (non-hydrogen) atoms. The number of anilines is 1. The number of rotatable bonds is 3. The maximum atomic E-state index is 5.85. The monoisotopic (exact) mass is 204 g/mol. The van der Waals surface area contributed by atoms with Crippen molar-refractivity contribution in [3.05, 3.63) is 23.8 Å². The molecule has 1 saturated heterocycles. The highest BCUT2D eigenvalue weighted by Crippen LogP contribution is 2.32. The van der Waals surface area contributed by atoms with Crippen LogP contribution in [0.3, 0.4) is 0 Å². The van der Waals surface area contributed by atoms with Gasteiger partial charge in [-0.15, -0.1) is 0 Å². The summed E-state index contributed by atoms with van der Waals surface area (Å²) in [7, 11) is 0. The van der Waals surface area contributed by atoms with Gasteiger partial charge in [0, 0.05) is 25.6 Å². The fourth-order valence-electron chi connectivity index (χ4n) is 2.10. The average molecular weight is 204 g/mol. The van der Waals surface area contributed by atoms with Crippen molar-refractivity contribution in [1.82, 2.24) is 5.32 Å². The molecule has 0 bridgehead atoms. The van der Waals surface area contributed by atoms with Gasteiger partial charge >= 0.3 is 0 Å². The molecule has 0 saturated carbocycles. The largest absolute Gasteiger partial charge is 0.491 e. The van der Waals surface area contributed by atoms with Gasteiger partial charge in [0.05, 0.1) is 12.3 Å². The van der Waals surface area contributed by atoms with E-state index in [4.69, 9.17) is 4.74 Å². The summed E-state index contributed by atoms with van der Waals surface area (Å²) < 4.78 is 5.85. The number of nitrogens with one attached hydrogen (secondary N) is 2. The number of hydrogen-bond acceptors (Lipinski definition) is 3. The molecule has 80 valence electrons. The Morgan fingerprint density at radius 1 is 1.33 bits per heavy atom. The highest BCUT2D eigenvalue weighted by atomic mass is 16.5. The standard InChI is InChI=1S/C12H16N2O/c1-2-10-4-5-14-12(10)11(3-1)15-8-9-6-13-7-9/h1-3,9,13-14H,4-8H2. The van der Waals surface area contributed by atoms with Crippen molar-refractivity contribution in [2.45, 2.75) is 6.42 Å². The topological polar surface area (TPSA) is 33.3 Å². The molecule has 0 atom stereocenters. The predicted octanol–water partition coefficient (Wildman–Crippen LogP) is 1.25. The molecule has 2 aliphatic heterocycles. The van der Waals surface area contributed by atoms with Gasteiger partial charge in [0.1, 0.15) is 5.75 Å². The van der Waals surface area contributed by atoms with Crippen LogP contribution in [-0.4, -0.2) is 26.2 Å².